The van der Waals surface area contributed by atoms with Crippen LogP contribution in [0.5, 0.6) is 11.5 Å². The minimum Gasteiger partial charge on any atom is -0.491 e. The number of H-pyrrole nitrogens is 1. The van der Waals surface area contributed by atoms with Crippen LogP contribution in [0.2, 0.25) is 0 Å². The molecule has 0 unspecified atom stereocenters. The first-order valence-corrected chi connectivity index (χ1v) is 10.3. The van der Waals surface area contributed by atoms with Crippen molar-refractivity contribution in [1.29, 1.82) is 0 Å². The van der Waals surface area contributed by atoms with Crippen molar-refractivity contribution < 1.29 is 18.7 Å². The first-order chi connectivity index (χ1) is 15.1. The van der Waals surface area contributed by atoms with Crippen molar-refractivity contribution in [2.24, 2.45) is 11.7 Å². The van der Waals surface area contributed by atoms with E-state index in [4.69, 9.17) is 25.4 Å². The van der Waals surface area contributed by atoms with E-state index in [1.165, 1.54) is 0 Å². The molecular weight excluding hydrogens is 398 g/mol. The summed E-state index contributed by atoms with van der Waals surface area (Å²) in [6.07, 6.45) is 1.28. The Kier molecular flexibility index (Phi) is 3.80. The lowest BCUT2D eigenvalue weighted by Gasteiger charge is -2.16. The lowest BCUT2D eigenvalue weighted by molar-refractivity contribution is -0.125. The number of aromatic nitrogens is 2. The molecule has 1 atom stereocenters. The molecule has 6 rings (SSSR count). The first-order valence-electron chi connectivity index (χ1n) is 10.3. The predicted molar refractivity (Wildman–Crippen MR) is 116 cm³/mol. The van der Waals surface area contributed by atoms with Gasteiger partial charge in [0.05, 0.1) is 22.3 Å². The molecule has 2 aromatic carbocycles. The summed E-state index contributed by atoms with van der Waals surface area (Å²) in [5, 5.41) is 4.39. The van der Waals surface area contributed by atoms with Crippen LogP contribution in [0.4, 0.5) is 11.7 Å². The number of rotatable bonds is 5. The average Bonchev–Trinajstić information content (AvgIpc) is 3.45. The first kappa shape index (κ1) is 17.9. The van der Waals surface area contributed by atoms with Gasteiger partial charge in [-0.15, -0.1) is 0 Å². The molecule has 2 aliphatic rings. The SMILES string of the molecule is NC(=O)[C@@H](Oc1cc2c3c(c(-c4ccc5oc(N)nc5c4)[nH]c3c1)NCCO2)C1CC1. The minimum atomic E-state index is -0.623. The summed E-state index contributed by atoms with van der Waals surface area (Å²) in [7, 11) is 0. The third kappa shape index (κ3) is 3.00. The molecule has 158 valence electrons. The highest BCUT2D eigenvalue weighted by Gasteiger charge is 2.37. The third-order valence-corrected chi connectivity index (χ3v) is 5.78. The maximum atomic E-state index is 11.8. The number of benzene rings is 2. The number of carbonyl (C=O) groups is 1. The summed E-state index contributed by atoms with van der Waals surface area (Å²) in [6.45, 7) is 1.16. The number of nitrogen functional groups attached to an aromatic ring is 1. The monoisotopic (exact) mass is 419 g/mol. The van der Waals surface area contributed by atoms with E-state index in [1.807, 2.05) is 30.3 Å². The standard InChI is InChI=1S/C22H21N5O4/c23-21(28)20(10-1-2-10)30-12-8-14-17-16(9-12)29-6-5-25-19(17)18(26-14)11-3-4-15-13(7-11)27-22(24)31-15/h3-4,7-10,20,25-26H,1-2,5-6H2,(H2,23,28)(H2,24,27)/t20-/m0/s1. The Balaban J connectivity index is 1.48. The van der Waals surface area contributed by atoms with Gasteiger partial charge in [-0.2, -0.15) is 4.98 Å². The lowest BCUT2D eigenvalue weighted by Crippen LogP contribution is -2.35. The van der Waals surface area contributed by atoms with Gasteiger partial charge in [-0.05, 0) is 31.0 Å². The van der Waals surface area contributed by atoms with E-state index in [0.717, 1.165) is 40.7 Å². The number of carbonyl (C=O) groups excluding carboxylic acids is 1. The van der Waals surface area contributed by atoms with Gasteiger partial charge in [0.15, 0.2) is 11.7 Å². The largest absolute Gasteiger partial charge is 0.491 e. The molecule has 1 aliphatic carbocycles. The molecule has 1 fully saturated rings. The highest BCUT2D eigenvalue weighted by molar-refractivity contribution is 6.06. The number of hydrogen-bond donors (Lipinski definition) is 4. The van der Waals surface area contributed by atoms with E-state index < -0.39 is 12.0 Å². The highest BCUT2D eigenvalue weighted by Crippen LogP contribution is 2.44. The Hall–Kier alpha value is -3.88. The Morgan fingerprint density at radius 1 is 1.26 bits per heavy atom. The van der Waals surface area contributed by atoms with Crippen molar-refractivity contribution in [2.45, 2.75) is 18.9 Å². The van der Waals surface area contributed by atoms with Gasteiger partial charge < -0.3 is 35.7 Å². The topological polar surface area (TPSA) is 141 Å². The summed E-state index contributed by atoms with van der Waals surface area (Å²) in [5.41, 5.74) is 16.2. The van der Waals surface area contributed by atoms with Crippen molar-refractivity contribution in [3.63, 3.8) is 0 Å². The number of nitrogens with two attached hydrogens (primary N) is 2. The Bertz CT molecular complexity index is 1340. The van der Waals surface area contributed by atoms with Gasteiger partial charge in [0.1, 0.15) is 23.6 Å². The van der Waals surface area contributed by atoms with Crippen molar-refractivity contribution in [3.8, 4) is 22.8 Å². The third-order valence-electron chi connectivity index (χ3n) is 5.78. The molecule has 2 aromatic heterocycles. The molecule has 9 heteroatoms. The van der Waals surface area contributed by atoms with Crippen molar-refractivity contribution >= 4 is 39.6 Å². The number of nitrogens with one attached hydrogen (secondary N) is 2. The molecule has 0 bridgehead atoms. The molecule has 0 saturated heterocycles. The van der Waals surface area contributed by atoms with Gasteiger partial charge in [-0.25, -0.2) is 0 Å². The van der Waals surface area contributed by atoms with Crippen LogP contribution in [0.1, 0.15) is 12.8 Å². The van der Waals surface area contributed by atoms with Crippen LogP contribution >= 0.6 is 0 Å². The van der Waals surface area contributed by atoms with Gasteiger partial charge in [-0.1, -0.05) is 0 Å². The van der Waals surface area contributed by atoms with E-state index in [2.05, 4.69) is 15.3 Å². The minimum absolute atomic E-state index is 0.136. The van der Waals surface area contributed by atoms with Crippen LogP contribution in [0.25, 0.3) is 33.3 Å². The second-order valence-electron chi connectivity index (χ2n) is 8.01. The molecule has 6 N–H and O–H groups in total. The molecule has 1 aliphatic heterocycles. The van der Waals surface area contributed by atoms with E-state index in [0.29, 0.717) is 35.8 Å². The fourth-order valence-corrected chi connectivity index (χ4v) is 4.21. The number of oxazole rings is 1. The molecule has 0 spiro atoms. The number of fused-ring (bicyclic) bond motifs is 1. The number of amides is 1. The summed E-state index contributed by atoms with van der Waals surface area (Å²) in [5.74, 6) is 0.996. The molecule has 4 aromatic rings. The highest BCUT2D eigenvalue weighted by atomic mass is 16.5. The molecule has 3 heterocycles. The number of primary amides is 1. The van der Waals surface area contributed by atoms with E-state index in [9.17, 15) is 4.79 Å². The smallest absolute Gasteiger partial charge is 0.292 e. The van der Waals surface area contributed by atoms with Gasteiger partial charge in [0, 0.05) is 30.2 Å². The molecular formula is C22H21N5O4. The zero-order valence-corrected chi connectivity index (χ0v) is 16.6. The fraction of sp³-hybridized carbons (Fsp3) is 0.273. The quantitative estimate of drug-likeness (QED) is 0.389. The van der Waals surface area contributed by atoms with Gasteiger partial charge in [0.25, 0.3) is 11.9 Å². The summed E-state index contributed by atoms with van der Waals surface area (Å²) >= 11 is 0. The van der Waals surface area contributed by atoms with Gasteiger partial charge in [-0.3, -0.25) is 4.79 Å². The lowest BCUT2D eigenvalue weighted by atomic mass is 10.1. The number of hydrogen-bond acceptors (Lipinski definition) is 7. The second kappa shape index (κ2) is 6.56. The zero-order chi connectivity index (χ0) is 21.1. The number of anilines is 2. The maximum Gasteiger partial charge on any atom is 0.292 e. The van der Waals surface area contributed by atoms with Crippen LogP contribution < -0.4 is 26.3 Å². The summed E-state index contributed by atoms with van der Waals surface area (Å²) in [4.78, 5) is 19.6. The predicted octanol–water partition coefficient (Wildman–Crippen LogP) is 3.01. The normalized spacial score (nSPS) is 16.5. The Labute approximate surface area is 176 Å². The van der Waals surface area contributed by atoms with Gasteiger partial charge >= 0.3 is 0 Å². The summed E-state index contributed by atoms with van der Waals surface area (Å²) < 4.78 is 17.4. The maximum absolute atomic E-state index is 11.8. The molecule has 0 radical (unpaired) electrons. The fourth-order valence-electron chi connectivity index (χ4n) is 4.21. The second-order valence-corrected chi connectivity index (χ2v) is 8.01. The number of nitrogens with zero attached hydrogens (tertiary/aromatic N) is 1. The van der Waals surface area contributed by atoms with Crippen LogP contribution in [0.15, 0.2) is 34.7 Å². The molecule has 1 saturated carbocycles. The van der Waals surface area contributed by atoms with Crippen molar-refractivity contribution in [2.75, 3.05) is 24.2 Å². The average molecular weight is 419 g/mol. The van der Waals surface area contributed by atoms with E-state index in [1.54, 1.807) is 0 Å². The van der Waals surface area contributed by atoms with Crippen molar-refractivity contribution in [3.05, 3.63) is 30.3 Å². The van der Waals surface area contributed by atoms with Crippen LogP contribution in [0, 0.1) is 5.92 Å². The number of ether oxygens (including phenoxy) is 2. The molecule has 31 heavy (non-hydrogen) atoms. The Morgan fingerprint density at radius 3 is 2.94 bits per heavy atom. The molecule has 9 nitrogen and oxygen atoms in total. The van der Waals surface area contributed by atoms with Gasteiger partial charge in [0.2, 0.25) is 0 Å². The van der Waals surface area contributed by atoms with Crippen LogP contribution in [0.3, 0.4) is 0 Å². The van der Waals surface area contributed by atoms with Crippen LogP contribution in [-0.2, 0) is 4.79 Å². The molecule has 1 amide bonds. The van der Waals surface area contributed by atoms with E-state index in [-0.39, 0.29) is 11.9 Å². The summed E-state index contributed by atoms with van der Waals surface area (Å²) in [6, 6.07) is 9.58. The Morgan fingerprint density at radius 2 is 2.13 bits per heavy atom. The van der Waals surface area contributed by atoms with Crippen LogP contribution in [-0.4, -0.2) is 35.1 Å². The number of aromatic amines is 1. The zero-order valence-electron chi connectivity index (χ0n) is 16.6. The van der Waals surface area contributed by atoms with Crippen molar-refractivity contribution in [1.82, 2.24) is 9.97 Å². The van der Waals surface area contributed by atoms with E-state index >= 15 is 0 Å².